The summed E-state index contributed by atoms with van der Waals surface area (Å²) in [4.78, 5) is 14.5. The third kappa shape index (κ3) is 3.83. The van der Waals surface area contributed by atoms with E-state index in [1.54, 1.807) is 6.21 Å². The molecule has 138 valence electrons. The number of hydrogen-bond donors (Lipinski definition) is 1. The topological polar surface area (TPSA) is 85.3 Å². The molecule has 0 aliphatic heterocycles. The summed E-state index contributed by atoms with van der Waals surface area (Å²) in [7, 11) is 0. The smallest absolute Gasteiger partial charge is 0.313 e. The maximum Gasteiger partial charge on any atom is 0.313 e. The molecule has 0 aliphatic rings. The second-order valence-electron chi connectivity index (χ2n) is 6.09. The number of anilines is 1. The van der Waals surface area contributed by atoms with Crippen LogP contribution in [0.25, 0.3) is 5.69 Å². The highest BCUT2D eigenvalue weighted by atomic mass is 35.5. The Kier molecular flexibility index (Phi) is 5.23. The molecular weight excluding hydrogens is 366 g/mol. The summed E-state index contributed by atoms with van der Waals surface area (Å²) in [6.45, 7) is 6.01. The van der Waals surface area contributed by atoms with Gasteiger partial charge in [-0.1, -0.05) is 17.7 Å². The van der Waals surface area contributed by atoms with E-state index in [4.69, 9.17) is 11.6 Å². The summed E-state index contributed by atoms with van der Waals surface area (Å²) < 4.78 is 2.10. The Morgan fingerprint density at radius 1 is 1.26 bits per heavy atom. The fraction of sp³-hybridized carbons (Fsp3) is 0.158. The van der Waals surface area contributed by atoms with Crippen molar-refractivity contribution in [2.24, 2.45) is 5.10 Å². The number of hydrazone groups is 1. The number of benzene rings is 1. The SMILES string of the molecule is Cc1ccc(Cl)cc1-n1c(C)cc(/C=N\Nc2ncccc2[N+](=O)[O-])c1C. The molecule has 1 aromatic carbocycles. The van der Waals surface area contributed by atoms with E-state index in [1.807, 2.05) is 45.0 Å². The van der Waals surface area contributed by atoms with E-state index in [9.17, 15) is 10.1 Å². The first kappa shape index (κ1) is 18.6. The van der Waals surface area contributed by atoms with Crippen LogP contribution in [0.15, 0.2) is 47.7 Å². The first-order valence-corrected chi connectivity index (χ1v) is 8.60. The Morgan fingerprint density at radius 2 is 2.04 bits per heavy atom. The maximum atomic E-state index is 11.0. The van der Waals surface area contributed by atoms with Crippen LogP contribution in [0.2, 0.25) is 5.02 Å². The van der Waals surface area contributed by atoms with E-state index in [1.165, 1.54) is 18.3 Å². The number of nitrogens with one attached hydrogen (secondary N) is 1. The Labute approximate surface area is 161 Å². The molecule has 0 bridgehead atoms. The van der Waals surface area contributed by atoms with E-state index >= 15 is 0 Å². The molecule has 7 nitrogen and oxygen atoms in total. The lowest BCUT2D eigenvalue weighted by molar-refractivity contribution is -0.384. The van der Waals surface area contributed by atoms with Gasteiger partial charge in [0.05, 0.1) is 11.1 Å². The van der Waals surface area contributed by atoms with Gasteiger partial charge in [0.25, 0.3) is 0 Å². The van der Waals surface area contributed by atoms with Crippen molar-refractivity contribution in [2.75, 3.05) is 5.43 Å². The van der Waals surface area contributed by atoms with E-state index in [0.717, 1.165) is 28.2 Å². The number of hydrogen-bond acceptors (Lipinski definition) is 5. The first-order valence-electron chi connectivity index (χ1n) is 8.22. The number of aromatic nitrogens is 2. The number of pyridine rings is 1. The third-order valence-corrected chi connectivity index (χ3v) is 4.47. The van der Waals surface area contributed by atoms with Crippen molar-refractivity contribution >= 4 is 29.3 Å². The Morgan fingerprint density at radius 3 is 2.78 bits per heavy atom. The Hall–Kier alpha value is -3.19. The summed E-state index contributed by atoms with van der Waals surface area (Å²) in [6.07, 6.45) is 3.09. The van der Waals surface area contributed by atoms with Gasteiger partial charge in [0.2, 0.25) is 5.82 Å². The molecule has 27 heavy (non-hydrogen) atoms. The van der Waals surface area contributed by atoms with Crippen molar-refractivity contribution in [3.8, 4) is 5.69 Å². The lowest BCUT2D eigenvalue weighted by Gasteiger charge is -2.13. The van der Waals surface area contributed by atoms with Crippen LogP contribution < -0.4 is 5.43 Å². The third-order valence-electron chi connectivity index (χ3n) is 4.24. The van der Waals surface area contributed by atoms with Gasteiger partial charge in [-0.15, -0.1) is 0 Å². The molecule has 3 rings (SSSR count). The summed E-state index contributed by atoms with van der Waals surface area (Å²) in [5.74, 6) is 0.0956. The summed E-state index contributed by atoms with van der Waals surface area (Å²) in [5.41, 5.74) is 7.53. The molecule has 3 aromatic rings. The highest BCUT2D eigenvalue weighted by Gasteiger charge is 2.14. The molecular formula is C19H18ClN5O2. The zero-order valence-corrected chi connectivity index (χ0v) is 15.9. The minimum Gasteiger partial charge on any atom is -0.318 e. The van der Waals surface area contributed by atoms with Gasteiger partial charge in [-0.2, -0.15) is 5.10 Å². The summed E-state index contributed by atoms with van der Waals surface area (Å²) >= 11 is 6.16. The van der Waals surface area contributed by atoms with Crippen molar-refractivity contribution < 1.29 is 4.92 Å². The fourth-order valence-electron chi connectivity index (χ4n) is 2.91. The van der Waals surface area contributed by atoms with Gasteiger partial charge in [0.1, 0.15) is 0 Å². The van der Waals surface area contributed by atoms with Gasteiger partial charge in [-0.25, -0.2) is 4.98 Å². The van der Waals surface area contributed by atoms with Gasteiger partial charge in [0.15, 0.2) is 0 Å². The maximum absolute atomic E-state index is 11.0. The fourth-order valence-corrected chi connectivity index (χ4v) is 3.07. The summed E-state index contributed by atoms with van der Waals surface area (Å²) in [6, 6.07) is 10.6. The highest BCUT2D eigenvalue weighted by Crippen LogP contribution is 2.25. The second-order valence-corrected chi connectivity index (χ2v) is 6.53. The number of halogens is 1. The molecule has 0 unspecified atom stereocenters. The molecule has 0 saturated carbocycles. The van der Waals surface area contributed by atoms with Crippen LogP contribution in [0.4, 0.5) is 11.5 Å². The van der Waals surface area contributed by atoms with Crippen LogP contribution in [-0.2, 0) is 0 Å². The minimum atomic E-state index is -0.501. The van der Waals surface area contributed by atoms with E-state index in [-0.39, 0.29) is 11.5 Å². The highest BCUT2D eigenvalue weighted by molar-refractivity contribution is 6.30. The normalized spacial score (nSPS) is 11.1. The number of nitrogens with zero attached hydrogens (tertiary/aromatic N) is 4. The zero-order chi connectivity index (χ0) is 19.6. The minimum absolute atomic E-state index is 0.0956. The van der Waals surface area contributed by atoms with Crippen LogP contribution in [-0.4, -0.2) is 20.7 Å². The standard InChI is InChI=1S/C19H18ClN5O2/c1-12-6-7-16(20)10-18(12)24-13(2)9-15(14(24)3)11-22-23-19-17(25(26)27)5-4-8-21-19/h4-11H,1-3H3,(H,21,23)/b22-11-. The van der Waals surface area contributed by atoms with Gasteiger partial charge >= 0.3 is 5.69 Å². The van der Waals surface area contributed by atoms with Crippen molar-refractivity contribution in [1.82, 2.24) is 9.55 Å². The van der Waals surface area contributed by atoms with Crippen molar-refractivity contribution in [2.45, 2.75) is 20.8 Å². The molecule has 8 heteroatoms. The van der Waals surface area contributed by atoms with Crippen LogP contribution in [0.3, 0.4) is 0 Å². The van der Waals surface area contributed by atoms with Crippen LogP contribution >= 0.6 is 11.6 Å². The molecule has 2 aromatic heterocycles. The average Bonchev–Trinajstić information content (AvgIpc) is 2.91. The van der Waals surface area contributed by atoms with Gasteiger partial charge < -0.3 is 4.57 Å². The van der Waals surface area contributed by atoms with Crippen molar-refractivity contribution in [1.29, 1.82) is 0 Å². The van der Waals surface area contributed by atoms with Gasteiger partial charge in [-0.05, 0) is 50.6 Å². The molecule has 0 aliphatic carbocycles. The second kappa shape index (κ2) is 7.59. The molecule has 1 N–H and O–H groups in total. The quantitative estimate of drug-likeness (QED) is 0.389. The predicted molar refractivity (Wildman–Crippen MR) is 107 cm³/mol. The predicted octanol–water partition coefficient (Wildman–Crippen LogP) is 4.81. The first-order chi connectivity index (χ1) is 12.9. The lowest BCUT2D eigenvalue weighted by Crippen LogP contribution is -2.02. The van der Waals surface area contributed by atoms with E-state index in [0.29, 0.717) is 5.02 Å². The number of aryl methyl sites for hydroxylation is 2. The van der Waals surface area contributed by atoms with Gasteiger partial charge in [0, 0.05) is 39.9 Å². The monoisotopic (exact) mass is 383 g/mol. The molecule has 0 atom stereocenters. The number of nitro groups is 1. The largest absolute Gasteiger partial charge is 0.318 e. The van der Waals surface area contributed by atoms with Crippen LogP contribution in [0.1, 0.15) is 22.5 Å². The number of rotatable bonds is 5. The molecule has 0 fully saturated rings. The van der Waals surface area contributed by atoms with E-state index in [2.05, 4.69) is 20.1 Å². The zero-order valence-electron chi connectivity index (χ0n) is 15.1. The molecule has 2 heterocycles. The Balaban J connectivity index is 1.91. The molecule has 0 spiro atoms. The van der Waals surface area contributed by atoms with Crippen molar-refractivity contribution in [3.05, 3.63) is 80.2 Å². The average molecular weight is 384 g/mol. The molecule has 0 saturated heterocycles. The lowest BCUT2D eigenvalue weighted by atomic mass is 10.2. The van der Waals surface area contributed by atoms with Crippen LogP contribution in [0, 0.1) is 30.9 Å². The molecule has 0 amide bonds. The van der Waals surface area contributed by atoms with Crippen LogP contribution in [0.5, 0.6) is 0 Å². The van der Waals surface area contributed by atoms with Crippen molar-refractivity contribution in [3.63, 3.8) is 0 Å². The van der Waals surface area contributed by atoms with Gasteiger partial charge in [-0.3, -0.25) is 15.5 Å². The summed E-state index contributed by atoms with van der Waals surface area (Å²) in [5, 5.41) is 15.8. The van der Waals surface area contributed by atoms with E-state index < -0.39 is 4.92 Å². The Bertz CT molecular complexity index is 1040. The molecule has 0 radical (unpaired) electrons.